The van der Waals surface area contributed by atoms with Gasteiger partial charge in [0.1, 0.15) is 30.1 Å². The summed E-state index contributed by atoms with van der Waals surface area (Å²) in [6, 6.07) is 7.14. The molecule has 1 amide bonds. The number of rotatable bonds is 14. The number of carbonyl (C=O) groups excluding carboxylic acids is 3. The maximum Gasteiger partial charge on any atom is 0.407 e. The number of nitrogens with one attached hydrogen (secondary N) is 2. The van der Waals surface area contributed by atoms with E-state index in [-0.39, 0.29) is 54.3 Å². The van der Waals surface area contributed by atoms with Crippen LogP contribution in [0.2, 0.25) is 5.02 Å². The van der Waals surface area contributed by atoms with E-state index in [2.05, 4.69) is 15.6 Å². The molecule has 9 nitrogen and oxygen atoms in total. The number of halogens is 7. The number of hydrogen-bond donors (Lipinski definition) is 2. The predicted molar refractivity (Wildman–Crippen MR) is 168 cm³/mol. The van der Waals surface area contributed by atoms with E-state index in [1.54, 1.807) is 6.07 Å². The normalized spacial score (nSPS) is 17.4. The maximum atomic E-state index is 15.2. The molecule has 2 aromatic carbocycles. The lowest BCUT2D eigenvalue weighted by molar-refractivity contribution is -0.158. The van der Waals surface area contributed by atoms with Crippen LogP contribution in [-0.2, 0) is 36.6 Å². The Bertz CT molecular complexity index is 1650. The minimum atomic E-state index is -4.47. The van der Waals surface area contributed by atoms with Crippen LogP contribution >= 0.6 is 11.6 Å². The zero-order valence-electron chi connectivity index (χ0n) is 26.7. The molecule has 1 saturated heterocycles. The number of amides is 1. The van der Waals surface area contributed by atoms with Crippen molar-refractivity contribution in [2.45, 2.75) is 62.4 Å². The number of hydrogen-bond acceptors (Lipinski definition) is 8. The van der Waals surface area contributed by atoms with E-state index in [1.807, 2.05) is 0 Å². The highest BCUT2D eigenvalue weighted by Crippen LogP contribution is 2.32. The van der Waals surface area contributed by atoms with Crippen molar-refractivity contribution in [3.63, 3.8) is 0 Å². The van der Waals surface area contributed by atoms with Gasteiger partial charge < -0.3 is 24.8 Å². The van der Waals surface area contributed by atoms with Gasteiger partial charge in [-0.25, -0.2) is 18.0 Å². The Balaban J connectivity index is 1.47. The highest BCUT2D eigenvalue weighted by Gasteiger charge is 2.34. The summed E-state index contributed by atoms with van der Waals surface area (Å²) in [5.74, 6) is -4.92. The lowest BCUT2D eigenvalue weighted by atomic mass is 9.82. The van der Waals surface area contributed by atoms with Gasteiger partial charge in [-0.3, -0.25) is 14.6 Å². The lowest BCUT2D eigenvalue weighted by Crippen LogP contribution is -2.49. The van der Waals surface area contributed by atoms with Crippen molar-refractivity contribution in [3.8, 4) is 0 Å². The van der Waals surface area contributed by atoms with Crippen LogP contribution in [0.1, 0.15) is 47.4 Å². The monoisotopic (exact) mass is 729 g/mol. The van der Waals surface area contributed by atoms with Crippen LogP contribution in [-0.4, -0.2) is 74.1 Å². The Labute approximate surface area is 288 Å². The minimum Gasteiger partial charge on any atom is -0.464 e. The van der Waals surface area contributed by atoms with Crippen LogP contribution < -0.4 is 10.6 Å². The molecule has 1 aromatic heterocycles. The number of Topliss-reactive ketones (excluding diaryl/α,β-unsaturated/α-hetero) is 1. The predicted octanol–water partition coefficient (Wildman–Crippen LogP) is 6.00. The van der Waals surface area contributed by atoms with Crippen molar-refractivity contribution >= 4 is 29.4 Å². The second-order valence-corrected chi connectivity index (χ2v) is 12.0. The molecule has 50 heavy (non-hydrogen) atoms. The number of pyridine rings is 1. The number of morpholine rings is 1. The third-order valence-corrected chi connectivity index (χ3v) is 8.36. The Morgan fingerprint density at radius 1 is 1.08 bits per heavy atom. The molecule has 0 radical (unpaired) electrons. The number of ether oxygens (including phenoxy) is 3. The van der Waals surface area contributed by atoms with Crippen molar-refractivity contribution in [2.24, 2.45) is 0 Å². The van der Waals surface area contributed by atoms with E-state index < -0.39 is 78.4 Å². The number of alkyl carbamates (subject to hydrolysis) is 1. The number of benzene rings is 2. The average Bonchev–Trinajstić information content (AvgIpc) is 3.07. The van der Waals surface area contributed by atoms with Crippen LogP contribution in [0.4, 0.5) is 31.1 Å². The van der Waals surface area contributed by atoms with Gasteiger partial charge in [-0.15, -0.1) is 0 Å². The van der Waals surface area contributed by atoms with Crippen LogP contribution in [0.15, 0.2) is 54.9 Å². The molecule has 16 heteroatoms. The summed E-state index contributed by atoms with van der Waals surface area (Å²) in [6.07, 6.45) is -5.67. The van der Waals surface area contributed by atoms with Crippen molar-refractivity contribution < 1.29 is 54.9 Å². The number of alkyl halides is 3. The Kier molecular flexibility index (Phi) is 13.6. The first-order chi connectivity index (χ1) is 23.7. The fourth-order valence-corrected chi connectivity index (χ4v) is 5.66. The summed E-state index contributed by atoms with van der Waals surface area (Å²) in [5, 5.41) is 5.37. The topological polar surface area (TPSA) is 116 Å². The fraction of sp³-hybridized carbons (Fsp3) is 0.412. The summed E-state index contributed by atoms with van der Waals surface area (Å²) >= 11 is 5.88. The molecule has 4 rings (SSSR count). The summed E-state index contributed by atoms with van der Waals surface area (Å²) in [4.78, 5) is 42.0. The molecule has 3 aromatic rings. The van der Waals surface area contributed by atoms with Gasteiger partial charge in [0.25, 0.3) is 0 Å². The average molecular weight is 730 g/mol. The number of carbonyl (C=O) groups is 3. The van der Waals surface area contributed by atoms with Crippen LogP contribution in [0.3, 0.4) is 0 Å². The first-order valence-electron chi connectivity index (χ1n) is 15.5. The third kappa shape index (κ3) is 11.2. The van der Waals surface area contributed by atoms with Gasteiger partial charge in [0.2, 0.25) is 0 Å². The van der Waals surface area contributed by atoms with E-state index >= 15 is 4.39 Å². The number of nitrogens with zero attached hydrogens (tertiary/aromatic N) is 1. The molecule has 0 aliphatic carbocycles. The first kappa shape index (κ1) is 38.6. The molecule has 4 atom stereocenters. The van der Waals surface area contributed by atoms with Gasteiger partial charge >= 0.3 is 18.2 Å². The van der Waals surface area contributed by atoms with Crippen LogP contribution in [0, 0.1) is 17.5 Å². The number of ketones is 1. The SMILES string of the molecule is COC(=O)N[C@H](C(=O)Cc1cccc(F)c1CC[C@@H]1CN[C@H](COC(=O)CCC(F)(F)F)CO1)[C@H](c1cncc(F)c1)c1ccc(Cl)c(F)c1. The maximum absolute atomic E-state index is 15.2. The molecule has 1 aliphatic heterocycles. The Morgan fingerprint density at radius 3 is 2.52 bits per heavy atom. The van der Waals surface area contributed by atoms with Crippen LogP contribution in [0.5, 0.6) is 0 Å². The smallest absolute Gasteiger partial charge is 0.407 e. The standard InChI is InChI=1S/C34H34ClF6N3O6/c1-48-33(47)44-32(31(21-11-22(36)15-42-14-21)20-5-8-26(35)28(38)12-20)29(45)13-19-3-2-4-27(37)25(19)7-6-24-16-43-23(17-49-24)18-50-30(46)9-10-34(39,40)41/h2-5,8,11-12,14-15,23-24,31-32,43H,6-7,9-10,13,16-18H2,1H3,(H,44,47)/t23-,24+,31-,32+/m0/s1. The van der Waals surface area contributed by atoms with E-state index in [0.29, 0.717) is 12.0 Å². The van der Waals surface area contributed by atoms with Crippen molar-refractivity contribution in [1.29, 1.82) is 0 Å². The summed E-state index contributed by atoms with van der Waals surface area (Å²) in [5.41, 5.74) is 0.822. The third-order valence-electron chi connectivity index (χ3n) is 8.05. The van der Waals surface area contributed by atoms with Gasteiger partial charge in [-0.05, 0) is 59.4 Å². The number of aromatic nitrogens is 1. The molecule has 2 N–H and O–H groups in total. The first-order valence-corrected chi connectivity index (χ1v) is 15.9. The second kappa shape index (κ2) is 17.6. The van der Waals surface area contributed by atoms with E-state index in [9.17, 15) is 36.3 Å². The molecule has 0 bridgehead atoms. The van der Waals surface area contributed by atoms with Crippen LogP contribution in [0.25, 0.3) is 0 Å². The number of methoxy groups -OCH3 is 1. The Morgan fingerprint density at radius 2 is 1.86 bits per heavy atom. The van der Waals surface area contributed by atoms with Gasteiger partial charge in [0, 0.05) is 25.1 Å². The molecule has 1 fully saturated rings. The van der Waals surface area contributed by atoms with E-state index in [4.69, 9.17) is 25.8 Å². The molecular formula is C34H34ClF6N3O6. The molecule has 2 heterocycles. The molecule has 1 aliphatic rings. The zero-order valence-corrected chi connectivity index (χ0v) is 27.5. The molecular weight excluding hydrogens is 696 g/mol. The van der Waals surface area contributed by atoms with E-state index in [1.165, 1.54) is 30.5 Å². The largest absolute Gasteiger partial charge is 0.464 e. The van der Waals surface area contributed by atoms with Crippen molar-refractivity contribution in [1.82, 2.24) is 15.6 Å². The molecule has 270 valence electrons. The Hall–Kier alpha value is -4.21. The highest BCUT2D eigenvalue weighted by molar-refractivity contribution is 6.30. The van der Waals surface area contributed by atoms with E-state index in [0.717, 1.165) is 25.4 Å². The molecule has 0 unspecified atom stereocenters. The summed E-state index contributed by atoms with van der Waals surface area (Å²) in [6.45, 7) is 0.182. The number of esters is 1. The van der Waals surface area contributed by atoms with Gasteiger partial charge in [0.15, 0.2) is 5.78 Å². The lowest BCUT2D eigenvalue weighted by Gasteiger charge is -2.30. The van der Waals surface area contributed by atoms with Crippen molar-refractivity contribution in [3.05, 3.63) is 99.6 Å². The van der Waals surface area contributed by atoms with Gasteiger partial charge in [0.05, 0.1) is 49.9 Å². The quantitative estimate of drug-likeness (QED) is 0.154. The minimum absolute atomic E-state index is 0.0856. The summed E-state index contributed by atoms with van der Waals surface area (Å²) < 4.78 is 96.6. The highest BCUT2D eigenvalue weighted by atomic mass is 35.5. The second-order valence-electron chi connectivity index (χ2n) is 11.6. The van der Waals surface area contributed by atoms with Gasteiger partial charge in [-0.2, -0.15) is 13.2 Å². The van der Waals surface area contributed by atoms with Gasteiger partial charge in [-0.1, -0.05) is 29.8 Å². The molecule has 0 spiro atoms. The zero-order chi connectivity index (χ0) is 36.4. The molecule has 0 saturated carbocycles. The van der Waals surface area contributed by atoms with Crippen molar-refractivity contribution in [2.75, 3.05) is 26.9 Å². The fourth-order valence-electron chi connectivity index (χ4n) is 5.54. The summed E-state index contributed by atoms with van der Waals surface area (Å²) in [7, 11) is 1.08.